The van der Waals surface area contributed by atoms with Crippen LogP contribution in [0.25, 0.3) is 0 Å². The van der Waals surface area contributed by atoms with Gasteiger partial charge in [-0.15, -0.1) is 0 Å². The molecule has 0 spiro atoms. The van der Waals surface area contributed by atoms with Gasteiger partial charge in [0.2, 0.25) is 0 Å². The van der Waals surface area contributed by atoms with Gasteiger partial charge < -0.3 is 18.2 Å². The van der Waals surface area contributed by atoms with Gasteiger partial charge in [0.05, 0.1) is 0 Å². The molecule has 0 heterocycles. The van der Waals surface area contributed by atoms with Crippen LogP contribution in [0.3, 0.4) is 0 Å². The molecule has 0 aliphatic heterocycles. The summed E-state index contributed by atoms with van der Waals surface area (Å²) in [5.74, 6) is -2.45. The molecule has 0 saturated heterocycles. The van der Waals surface area contributed by atoms with E-state index in [9.17, 15) is 0 Å². The number of rotatable bonds is 4. The fourth-order valence-corrected chi connectivity index (χ4v) is 0.612. The molecule has 0 atom stereocenters. The van der Waals surface area contributed by atoms with Crippen LogP contribution in [-0.2, 0) is 0 Å². The molecule has 0 bridgehead atoms. The Bertz CT molecular complexity index is 77.7. The van der Waals surface area contributed by atoms with Gasteiger partial charge in [0.15, 0.2) is 0 Å². The average molecular weight is 176 g/mol. The van der Waals surface area contributed by atoms with Gasteiger partial charge in [-0.2, -0.15) is 0 Å². The predicted molar refractivity (Wildman–Crippen MR) is 41.5 cm³/mol. The summed E-state index contributed by atoms with van der Waals surface area (Å²) in [4.78, 5) is 0. The zero-order valence-electron chi connectivity index (χ0n) is 8.38. The minimum Gasteiger partial charge on any atom is -1.00 e. The molecule has 0 rings (SSSR count). The van der Waals surface area contributed by atoms with Crippen LogP contribution in [0.1, 0.15) is 35.5 Å². The summed E-state index contributed by atoms with van der Waals surface area (Å²) >= 11 is 0. The van der Waals surface area contributed by atoms with E-state index in [-0.39, 0.29) is 47.0 Å². The van der Waals surface area contributed by atoms with Crippen molar-refractivity contribution in [3.8, 4) is 0 Å². The predicted octanol–water partition coefficient (Wildman–Crippen LogP) is 0.0416. The Morgan fingerprint density at radius 2 is 1.70 bits per heavy atom. The molecular weight excluding hydrogens is 160 g/mol. The minimum absolute atomic E-state index is 0. The zero-order chi connectivity index (χ0) is 7.33. The zero-order valence-corrected chi connectivity index (χ0v) is 8.59. The van der Waals surface area contributed by atoms with Crippen LogP contribution in [0.15, 0.2) is 0 Å². The van der Waals surface area contributed by atoms with Gasteiger partial charge in [0.1, 0.15) is 0 Å². The van der Waals surface area contributed by atoms with Crippen molar-refractivity contribution >= 4 is 37.7 Å². The Kier molecular flexibility index (Phi) is 9.36. The third-order valence-corrected chi connectivity index (χ3v) is 1.12. The van der Waals surface area contributed by atoms with E-state index in [1.807, 2.05) is 6.92 Å². The molecule has 10 heavy (non-hydrogen) atoms. The van der Waals surface area contributed by atoms with Crippen LogP contribution >= 0.6 is 0 Å². The molecule has 0 unspecified atom stereocenters. The van der Waals surface area contributed by atoms with Crippen molar-refractivity contribution in [3.63, 3.8) is 0 Å². The summed E-state index contributed by atoms with van der Waals surface area (Å²) in [5.41, 5.74) is 0. The average Bonchev–Trinajstić information content (AvgIpc) is 1.63. The van der Waals surface area contributed by atoms with Crippen LogP contribution in [0, 0.1) is 0 Å². The van der Waals surface area contributed by atoms with E-state index in [1.165, 1.54) is 0 Å². The first-order chi connectivity index (χ1) is 4.06. The Morgan fingerprint density at radius 1 is 1.20 bits per heavy atom. The fraction of sp³-hybridized carbons (Fsp3) is 1.00. The van der Waals surface area contributed by atoms with Crippen LogP contribution in [0.5, 0.6) is 0 Å². The Balaban J connectivity index is -0.000000107. The first-order valence-electron chi connectivity index (χ1n) is 3.23. The number of aliphatic hydroxyl groups is 3. The van der Waals surface area contributed by atoms with Crippen molar-refractivity contribution in [2.24, 2.45) is 0 Å². The van der Waals surface area contributed by atoms with E-state index in [0.717, 1.165) is 12.8 Å². The number of hydrogen-bond acceptors (Lipinski definition) is 3. The molecule has 3 N–H and O–H groups in total. The number of hydrogen-bond donors (Lipinski definition) is 3. The summed E-state index contributed by atoms with van der Waals surface area (Å²) in [6, 6.07) is 0. The fourth-order valence-electron chi connectivity index (χ4n) is 0.612. The quantitative estimate of drug-likeness (QED) is 0.322. The van der Waals surface area contributed by atoms with E-state index in [2.05, 4.69) is 0 Å². The molecule has 0 aliphatic rings. The molecule has 0 aliphatic carbocycles. The molecule has 0 amide bonds. The van der Waals surface area contributed by atoms with Gasteiger partial charge in [0.25, 0.3) is 5.97 Å². The summed E-state index contributed by atoms with van der Waals surface area (Å²) in [6.45, 7) is 2.01. The molecule has 0 aromatic rings. The summed E-state index contributed by atoms with van der Waals surface area (Å²) in [7, 11) is 0. The van der Waals surface area contributed by atoms with E-state index >= 15 is 0 Å². The van der Waals surface area contributed by atoms with E-state index in [1.54, 1.807) is 0 Å². The second-order valence-corrected chi connectivity index (χ2v) is 2.23. The molecule has 3 nitrogen and oxygen atoms in total. The molecule has 4 heteroatoms. The van der Waals surface area contributed by atoms with Gasteiger partial charge in [-0.25, -0.2) is 0 Å². The van der Waals surface area contributed by atoms with Crippen LogP contribution in [0.2, 0.25) is 0 Å². The molecule has 0 aromatic heterocycles. The molecule has 0 radical (unpaired) electrons. The standard InChI is InChI=1S/C6H14O3.Ca.2H/c1-2-3-4-5-6(7,8)9;;;/h7-9H,2-5H2,1H3;;;/q;+2;2*-1. The van der Waals surface area contributed by atoms with E-state index < -0.39 is 5.97 Å². The topological polar surface area (TPSA) is 60.7 Å². The first-order valence-corrected chi connectivity index (χ1v) is 3.23. The summed E-state index contributed by atoms with van der Waals surface area (Å²) < 4.78 is 0. The van der Waals surface area contributed by atoms with Crippen LogP contribution in [-0.4, -0.2) is 59.0 Å². The molecule has 0 fully saturated rings. The second-order valence-electron chi connectivity index (χ2n) is 2.23. The van der Waals surface area contributed by atoms with Gasteiger partial charge >= 0.3 is 37.7 Å². The number of unbranched alkanes of at least 4 members (excludes halogenated alkanes) is 2. The van der Waals surface area contributed by atoms with Gasteiger partial charge in [-0.05, 0) is 6.42 Å². The van der Waals surface area contributed by atoms with Crippen molar-refractivity contribution in [2.45, 2.75) is 38.6 Å². The third-order valence-electron chi connectivity index (χ3n) is 1.12. The van der Waals surface area contributed by atoms with Crippen molar-refractivity contribution in [3.05, 3.63) is 0 Å². The maximum absolute atomic E-state index is 8.36. The Hall–Kier alpha value is 1.14. The normalized spacial score (nSPS) is 10.8. The van der Waals surface area contributed by atoms with Gasteiger partial charge in [-0.1, -0.05) is 19.8 Å². The SMILES string of the molecule is CCCCCC(O)(O)O.[Ca+2].[H-].[H-]. The van der Waals surface area contributed by atoms with E-state index in [4.69, 9.17) is 15.3 Å². The van der Waals surface area contributed by atoms with Crippen LogP contribution < -0.4 is 0 Å². The second kappa shape index (κ2) is 6.83. The monoisotopic (exact) mass is 176 g/mol. The largest absolute Gasteiger partial charge is 2.00 e. The minimum atomic E-state index is -2.45. The third kappa shape index (κ3) is 11.9. The maximum atomic E-state index is 8.36. The van der Waals surface area contributed by atoms with Crippen molar-refractivity contribution in [2.75, 3.05) is 0 Å². The van der Waals surface area contributed by atoms with Gasteiger partial charge in [0, 0.05) is 6.42 Å². The summed E-state index contributed by atoms with van der Waals surface area (Å²) in [5, 5.41) is 25.1. The molecule has 60 valence electrons. The van der Waals surface area contributed by atoms with Crippen molar-refractivity contribution in [1.82, 2.24) is 0 Å². The smallest absolute Gasteiger partial charge is 1.00 e. The van der Waals surface area contributed by atoms with Crippen molar-refractivity contribution < 1.29 is 18.2 Å². The first kappa shape index (κ1) is 13.7. The Labute approximate surface area is 94.0 Å². The molecule has 0 saturated carbocycles. The van der Waals surface area contributed by atoms with Crippen molar-refractivity contribution in [1.29, 1.82) is 0 Å². The summed E-state index contributed by atoms with van der Waals surface area (Å²) in [6.07, 6.45) is 2.63. The molecular formula is C6H16CaO3. The van der Waals surface area contributed by atoms with E-state index in [0.29, 0.717) is 6.42 Å². The Morgan fingerprint density at radius 3 is 2.00 bits per heavy atom. The molecule has 0 aromatic carbocycles. The maximum Gasteiger partial charge on any atom is 2.00 e. The van der Waals surface area contributed by atoms with Crippen LogP contribution in [0.4, 0.5) is 0 Å². The van der Waals surface area contributed by atoms with Gasteiger partial charge in [-0.3, -0.25) is 0 Å².